The van der Waals surface area contributed by atoms with Gasteiger partial charge < -0.3 is 9.80 Å². The van der Waals surface area contributed by atoms with Crippen LogP contribution >= 0.6 is 0 Å². The maximum absolute atomic E-state index is 13.1. The van der Waals surface area contributed by atoms with Gasteiger partial charge in [0.15, 0.2) is 0 Å². The standard InChI is InChI=1S/C26H32N4O3/c1-3-29-22(25(32)30(4-2)26(29)33)19-23(31)27-15-17-28(18-16-27)24(20-11-7-5-8-12-20)21-13-9-6-10-14-21/h5-14,22,24H,3-4,15-19H2,1-2H3/t22-/m1/s1. The largest absolute Gasteiger partial charge is 0.340 e. The molecule has 4 rings (SSSR count). The third-order valence-electron chi connectivity index (χ3n) is 6.69. The molecule has 2 heterocycles. The highest BCUT2D eigenvalue weighted by molar-refractivity contribution is 6.05. The van der Waals surface area contributed by atoms with Gasteiger partial charge in [0, 0.05) is 39.3 Å². The first-order valence-corrected chi connectivity index (χ1v) is 11.8. The highest BCUT2D eigenvalue weighted by Crippen LogP contribution is 2.30. The van der Waals surface area contributed by atoms with Crippen molar-refractivity contribution in [3.63, 3.8) is 0 Å². The number of nitrogens with zero attached hydrogens (tertiary/aromatic N) is 4. The van der Waals surface area contributed by atoms with E-state index in [-0.39, 0.29) is 30.3 Å². The first-order chi connectivity index (χ1) is 16.0. The number of likely N-dealkylation sites (N-methyl/N-ethyl adjacent to an activating group) is 2. The Kier molecular flexibility index (Phi) is 7.08. The fraction of sp³-hybridized carbons (Fsp3) is 0.423. The lowest BCUT2D eigenvalue weighted by molar-refractivity contribution is -0.138. The van der Waals surface area contributed by atoms with Gasteiger partial charge in [-0.3, -0.25) is 19.4 Å². The second-order valence-electron chi connectivity index (χ2n) is 8.51. The number of urea groups is 1. The molecule has 0 aromatic heterocycles. The smallest absolute Gasteiger partial charge is 0.327 e. The highest BCUT2D eigenvalue weighted by Gasteiger charge is 2.45. The lowest BCUT2D eigenvalue weighted by Crippen LogP contribution is -2.51. The minimum atomic E-state index is -0.686. The number of amides is 4. The zero-order chi connectivity index (χ0) is 23.4. The van der Waals surface area contributed by atoms with Crippen molar-refractivity contribution in [1.29, 1.82) is 0 Å². The number of carbonyl (C=O) groups excluding carboxylic acids is 3. The summed E-state index contributed by atoms with van der Waals surface area (Å²) in [7, 11) is 0. The van der Waals surface area contributed by atoms with Crippen molar-refractivity contribution in [2.24, 2.45) is 0 Å². The fourth-order valence-electron chi connectivity index (χ4n) is 4.95. The van der Waals surface area contributed by atoms with Gasteiger partial charge in [-0.25, -0.2) is 4.79 Å². The highest BCUT2D eigenvalue weighted by atomic mass is 16.2. The second kappa shape index (κ2) is 10.2. The van der Waals surface area contributed by atoms with Gasteiger partial charge in [-0.15, -0.1) is 0 Å². The number of imide groups is 1. The Morgan fingerprint density at radius 3 is 1.88 bits per heavy atom. The van der Waals surface area contributed by atoms with Crippen molar-refractivity contribution in [3.05, 3.63) is 71.8 Å². The molecule has 0 aliphatic carbocycles. The molecule has 2 aromatic rings. The maximum atomic E-state index is 13.1. The van der Waals surface area contributed by atoms with Crippen LogP contribution in [0.5, 0.6) is 0 Å². The number of hydrogen-bond acceptors (Lipinski definition) is 4. The van der Waals surface area contributed by atoms with Crippen molar-refractivity contribution >= 4 is 17.8 Å². The van der Waals surface area contributed by atoms with E-state index >= 15 is 0 Å². The lowest BCUT2D eigenvalue weighted by atomic mass is 9.96. The second-order valence-corrected chi connectivity index (χ2v) is 8.51. The zero-order valence-corrected chi connectivity index (χ0v) is 19.4. The molecule has 2 fully saturated rings. The molecule has 4 amide bonds. The van der Waals surface area contributed by atoms with Crippen LogP contribution in [0.4, 0.5) is 4.79 Å². The molecule has 0 radical (unpaired) electrons. The summed E-state index contributed by atoms with van der Waals surface area (Å²) in [6, 6.07) is 20.0. The van der Waals surface area contributed by atoms with E-state index in [4.69, 9.17) is 0 Å². The Bertz CT molecular complexity index is 934. The van der Waals surface area contributed by atoms with Gasteiger partial charge in [0.1, 0.15) is 6.04 Å². The van der Waals surface area contributed by atoms with Gasteiger partial charge in [-0.2, -0.15) is 0 Å². The number of hydrogen-bond donors (Lipinski definition) is 0. The molecule has 33 heavy (non-hydrogen) atoms. The number of piperazine rings is 1. The molecule has 0 bridgehead atoms. The van der Waals surface area contributed by atoms with Crippen LogP contribution in [0, 0.1) is 0 Å². The van der Waals surface area contributed by atoms with Crippen LogP contribution in [-0.2, 0) is 9.59 Å². The molecule has 0 N–H and O–H groups in total. The molecule has 1 atom stereocenters. The van der Waals surface area contributed by atoms with Crippen molar-refractivity contribution in [2.75, 3.05) is 39.3 Å². The fourth-order valence-corrected chi connectivity index (χ4v) is 4.95. The van der Waals surface area contributed by atoms with E-state index in [9.17, 15) is 14.4 Å². The molecule has 0 spiro atoms. The average Bonchev–Trinajstić information content (AvgIpc) is 3.08. The normalized spacial score (nSPS) is 19.6. The average molecular weight is 449 g/mol. The van der Waals surface area contributed by atoms with E-state index in [1.54, 1.807) is 6.92 Å². The van der Waals surface area contributed by atoms with E-state index < -0.39 is 6.04 Å². The summed E-state index contributed by atoms with van der Waals surface area (Å²) in [5.74, 6) is -0.322. The molecule has 174 valence electrons. The van der Waals surface area contributed by atoms with Gasteiger partial charge in [0.05, 0.1) is 12.5 Å². The molecular formula is C26H32N4O3. The van der Waals surface area contributed by atoms with Gasteiger partial charge in [0.2, 0.25) is 5.91 Å². The van der Waals surface area contributed by atoms with Gasteiger partial charge in [-0.05, 0) is 25.0 Å². The molecule has 7 nitrogen and oxygen atoms in total. The maximum Gasteiger partial charge on any atom is 0.327 e. The Morgan fingerprint density at radius 2 is 1.39 bits per heavy atom. The summed E-state index contributed by atoms with van der Waals surface area (Å²) in [6.45, 7) is 7.07. The predicted molar refractivity (Wildman–Crippen MR) is 126 cm³/mol. The quantitative estimate of drug-likeness (QED) is 0.611. The van der Waals surface area contributed by atoms with E-state index in [2.05, 4.69) is 53.4 Å². The van der Waals surface area contributed by atoms with Crippen LogP contribution in [0.1, 0.15) is 37.4 Å². The summed E-state index contributed by atoms with van der Waals surface area (Å²) >= 11 is 0. The first-order valence-electron chi connectivity index (χ1n) is 11.8. The van der Waals surface area contributed by atoms with Crippen molar-refractivity contribution in [1.82, 2.24) is 19.6 Å². The van der Waals surface area contributed by atoms with Gasteiger partial charge in [-0.1, -0.05) is 60.7 Å². The summed E-state index contributed by atoms with van der Waals surface area (Å²) in [6.07, 6.45) is 0.0513. The lowest BCUT2D eigenvalue weighted by Gasteiger charge is -2.40. The van der Waals surface area contributed by atoms with Crippen LogP contribution < -0.4 is 0 Å². The van der Waals surface area contributed by atoms with Crippen molar-refractivity contribution in [2.45, 2.75) is 32.4 Å². The molecule has 0 unspecified atom stereocenters. The minimum absolute atomic E-state index is 0.0513. The summed E-state index contributed by atoms with van der Waals surface area (Å²) in [5.41, 5.74) is 2.47. The number of rotatable bonds is 7. The van der Waals surface area contributed by atoms with E-state index in [1.807, 2.05) is 24.0 Å². The molecule has 0 saturated carbocycles. The van der Waals surface area contributed by atoms with Crippen molar-refractivity contribution in [3.8, 4) is 0 Å². The van der Waals surface area contributed by atoms with Crippen LogP contribution in [0.15, 0.2) is 60.7 Å². The Hall–Kier alpha value is -3.19. The van der Waals surface area contributed by atoms with E-state index in [0.717, 1.165) is 13.1 Å². The molecule has 2 aliphatic heterocycles. The SMILES string of the molecule is CCN1C(=O)[C@@H](CC(=O)N2CCN(C(c3ccccc3)c3ccccc3)CC2)N(CC)C1=O. The van der Waals surface area contributed by atoms with Gasteiger partial charge in [0.25, 0.3) is 5.91 Å². The topological polar surface area (TPSA) is 64.2 Å². The van der Waals surface area contributed by atoms with Crippen LogP contribution in [0.2, 0.25) is 0 Å². The molecule has 2 aromatic carbocycles. The van der Waals surface area contributed by atoms with Gasteiger partial charge >= 0.3 is 6.03 Å². The molecule has 2 saturated heterocycles. The summed E-state index contributed by atoms with van der Waals surface area (Å²) in [5, 5.41) is 0. The van der Waals surface area contributed by atoms with Crippen LogP contribution in [-0.4, -0.2) is 82.8 Å². The van der Waals surface area contributed by atoms with Crippen LogP contribution in [0.3, 0.4) is 0 Å². The summed E-state index contributed by atoms with van der Waals surface area (Å²) < 4.78 is 0. The van der Waals surface area contributed by atoms with E-state index in [1.165, 1.54) is 20.9 Å². The van der Waals surface area contributed by atoms with E-state index in [0.29, 0.717) is 26.2 Å². The molecule has 7 heteroatoms. The molecular weight excluding hydrogens is 416 g/mol. The van der Waals surface area contributed by atoms with Crippen molar-refractivity contribution < 1.29 is 14.4 Å². The third kappa shape index (κ3) is 4.64. The van der Waals surface area contributed by atoms with Crippen LogP contribution in [0.25, 0.3) is 0 Å². The molecule has 2 aliphatic rings. The minimum Gasteiger partial charge on any atom is -0.340 e. The third-order valence-corrected chi connectivity index (χ3v) is 6.69. The Labute approximate surface area is 195 Å². The Balaban J connectivity index is 1.43. The monoisotopic (exact) mass is 448 g/mol. The summed E-state index contributed by atoms with van der Waals surface area (Å²) in [4.78, 5) is 45.2. The first kappa shape index (κ1) is 23.0. The predicted octanol–water partition coefficient (Wildman–Crippen LogP) is 2.98. The zero-order valence-electron chi connectivity index (χ0n) is 19.4. The number of carbonyl (C=O) groups is 3. The number of benzene rings is 2. The Morgan fingerprint density at radius 1 is 0.848 bits per heavy atom.